The number of anilines is 1. The van der Waals surface area contributed by atoms with Gasteiger partial charge in [-0.1, -0.05) is 11.8 Å². The van der Waals surface area contributed by atoms with Gasteiger partial charge in [-0.15, -0.1) is 10.2 Å². The van der Waals surface area contributed by atoms with Crippen LogP contribution in [0.5, 0.6) is 0 Å². The van der Waals surface area contributed by atoms with Gasteiger partial charge in [-0.3, -0.25) is 4.79 Å². The Bertz CT molecular complexity index is 923. The largest absolute Gasteiger partial charge is 0.383 e. The van der Waals surface area contributed by atoms with Crippen molar-refractivity contribution in [2.75, 3.05) is 24.8 Å². The van der Waals surface area contributed by atoms with Crippen molar-refractivity contribution in [2.24, 2.45) is 7.05 Å². The summed E-state index contributed by atoms with van der Waals surface area (Å²) in [5, 5.41) is 12.0. The second-order valence-electron chi connectivity index (χ2n) is 6.17. The number of aryl methyl sites for hydroxylation is 1. The predicted molar refractivity (Wildman–Crippen MR) is 106 cm³/mol. The molecule has 7 nitrogen and oxygen atoms in total. The lowest BCUT2D eigenvalue weighted by molar-refractivity contribution is -0.113. The van der Waals surface area contributed by atoms with Crippen LogP contribution in [0.2, 0.25) is 0 Å². The van der Waals surface area contributed by atoms with Crippen molar-refractivity contribution in [1.29, 1.82) is 0 Å². The van der Waals surface area contributed by atoms with Crippen LogP contribution in [-0.2, 0) is 29.5 Å². The highest BCUT2D eigenvalue weighted by atomic mass is 32.2. The lowest BCUT2D eigenvalue weighted by Crippen LogP contribution is -2.15. The molecule has 3 rings (SSSR count). The summed E-state index contributed by atoms with van der Waals surface area (Å²) in [6.07, 6.45) is 2.63. The molecule has 148 valence electrons. The number of hydrogen-bond donors (Lipinski definition) is 1. The summed E-state index contributed by atoms with van der Waals surface area (Å²) in [5.74, 6) is 0.457. The topological polar surface area (TPSA) is 74.0 Å². The minimum Gasteiger partial charge on any atom is -0.383 e. The average molecular weight is 403 g/mol. The molecule has 1 N–H and O–H groups in total. The Morgan fingerprint density at radius 1 is 1.25 bits per heavy atom. The van der Waals surface area contributed by atoms with E-state index in [0.29, 0.717) is 30.4 Å². The van der Waals surface area contributed by atoms with Gasteiger partial charge in [0.25, 0.3) is 0 Å². The van der Waals surface area contributed by atoms with Crippen LogP contribution in [-0.4, -0.2) is 44.7 Å². The molecule has 3 aromatic rings. The molecule has 9 heteroatoms. The molecule has 0 unspecified atom stereocenters. The van der Waals surface area contributed by atoms with E-state index >= 15 is 0 Å². The number of aromatic nitrogens is 4. The highest BCUT2D eigenvalue weighted by molar-refractivity contribution is 7.99. The maximum atomic E-state index is 13.0. The van der Waals surface area contributed by atoms with E-state index in [-0.39, 0.29) is 17.5 Å². The van der Waals surface area contributed by atoms with Crippen molar-refractivity contribution < 1.29 is 13.9 Å². The number of nitrogens with one attached hydrogen (secondary N) is 1. The molecule has 0 bridgehead atoms. The third kappa shape index (κ3) is 5.20. The van der Waals surface area contributed by atoms with Gasteiger partial charge in [-0.05, 0) is 36.4 Å². The van der Waals surface area contributed by atoms with Crippen LogP contribution < -0.4 is 5.32 Å². The van der Waals surface area contributed by atoms with Crippen molar-refractivity contribution in [2.45, 2.75) is 18.1 Å². The molecule has 0 saturated carbocycles. The highest BCUT2D eigenvalue weighted by Crippen LogP contribution is 2.19. The number of amides is 1. The van der Waals surface area contributed by atoms with Gasteiger partial charge in [0.1, 0.15) is 11.6 Å². The van der Waals surface area contributed by atoms with Crippen molar-refractivity contribution in [3.63, 3.8) is 0 Å². The van der Waals surface area contributed by atoms with Crippen LogP contribution in [0.15, 0.2) is 47.8 Å². The van der Waals surface area contributed by atoms with E-state index in [4.69, 9.17) is 4.74 Å². The third-order valence-corrected chi connectivity index (χ3v) is 5.13. The molecular weight excluding hydrogens is 381 g/mol. The van der Waals surface area contributed by atoms with Crippen molar-refractivity contribution in [1.82, 2.24) is 19.3 Å². The Morgan fingerprint density at radius 2 is 2.04 bits per heavy atom. The zero-order valence-corrected chi connectivity index (χ0v) is 16.6. The summed E-state index contributed by atoms with van der Waals surface area (Å²) < 4.78 is 22.2. The fraction of sp³-hybridized carbons (Fsp3) is 0.316. The van der Waals surface area contributed by atoms with Crippen LogP contribution in [0.1, 0.15) is 11.5 Å². The molecule has 0 fully saturated rings. The third-order valence-electron chi connectivity index (χ3n) is 4.16. The summed E-state index contributed by atoms with van der Waals surface area (Å²) in [6.45, 7) is 1.12. The van der Waals surface area contributed by atoms with Gasteiger partial charge in [0, 0.05) is 44.7 Å². The monoisotopic (exact) mass is 403 g/mol. The number of nitrogens with zero attached hydrogens (tertiary/aromatic N) is 4. The minimum atomic E-state index is -0.343. The molecule has 0 aliphatic rings. The maximum absolute atomic E-state index is 13.0. The molecule has 1 aromatic carbocycles. The second-order valence-corrected chi connectivity index (χ2v) is 7.12. The van der Waals surface area contributed by atoms with Crippen molar-refractivity contribution in [3.8, 4) is 0 Å². The number of carbonyl (C=O) groups excluding carboxylic acids is 1. The minimum absolute atomic E-state index is 0.173. The van der Waals surface area contributed by atoms with Gasteiger partial charge >= 0.3 is 0 Å². The smallest absolute Gasteiger partial charge is 0.234 e. The number of thioether (sulfide) groups is 1. The van der Waals surface area contributed by atoms with E-state index in [1.54, 1.807) is 7.11 Å². The summed E-state index contributed by atoms with van der Waals surface area (Å²) in [4.78, 5) is 12.2. The molecule has 0 radical (unpaired) electrons. The Morgan fingerprint density at radius 3 is 2.71 bits per heavy atom. The first-order chi connectivity index (χ1) is 13.6. The van der Waals surface area contributed by atoms with Gasteiger partial charge in [-0.2, -0.15) is 0 Å². The summed E-state index contributed by atoms with van der Waals surface area (Å²) in [7, 11) is 3.63. The molecular formula is C19H22FN5O2S. The van der Waals surface area contributed by atoms with Crippen LogP contribution in [0.4, 0.5) is 10.1 Å². The van der Waals surface area contributed by atoms with Gasteiger partial charge in [0.15, 0.2) is 5.16 Å². The van der Waals surface area contributed by atoms with Crippen LogP contribution in [0.3, 0.4) is 0 Å². The number of ether oxygens (including phenoxy) is 1. The van der Waals surface area contributed by atoms with E-state index < -0.39 is 0 Å². The molecule has 0 spiro atoms. The van der Waals surface area contributed by atoms with Crippen LogP contribution >= 0.6 is 11.8 Å². The Balaban J connectivity index is 1.65. The Hall–Kier alpha value is -2.65. The van der Waals surface area contributed by atoms with Crippen LogP contribution in [0, 0.1) is 5.82 Å². The number of carbonyl (C=O) groups is 1. The summed E-state index contributed by atoms with van der Waals surface area (Å²) >= 11 is 1.31. The fourth-order valence-electron chi connectivity index (χ4n) is 2.67. The number of benzene rings is 1. The van der Waals surface area contributed by atoms with Crippen LogP contribution in [0.25, 0.3) is 0 Å². The van der Waals surface area contributed by atoms with Gasteiger partial charge in [0.05, 0.1) is 12.4 Å². The standard InChI is InChI=1S/C19H22FN5O2S/c1-24-9-3-4-16(24)12-17-22-23-19(25(17)10-11-27-2)28-13-18(26)21-15-7-5-14(20)6-8-15/h3-9H,10-13H2,1-2H3,(H,21,26). The number of rotatable bonds is 9. The first-order valence-corrected chi connectivity index (χ1v) is 9.75. The first kappa shape index (κ1) is 20.1. The summed E-state index contributed by atoms with van der Waals surface area (Å²) in [5.41, 5.74) is 1.67. The van der Waals surface area contributed by atoms with Gasteiger partial charge in [-0.25, -0.2) is 4.39 Å². The normalized spacial score (nSPS) is 11.0. The molecule has 1 amide bonds. The van der Waals surface area contributed by atoms with Gasteiger partial charge in [0.2, 0.25) is 5.91 Å². The Labute approximate surface area is 166 Å². The molecule has 2 heterocycles. The van der Waals surface area contributed by atoms with Crippen molar-refractivity contribution >= 4 is 23.4 Å². The maximum Gasteiger partial charge on any atom is 0.234 e. The molecule has 28 heavy (non-hydrogen) atoms. The van der Waals surface area contributed by atoms with E-state index in [2.05, 4.69) is 15.5 Å². The van der Waals surface area contributed by atoms with Crippen molar-refractivity contribution in [3.05, 3.63) is 59.9 Å². The fourth-order valence-corrected chi connectivity index (χ4v) is 3.45. The van der Waals surface area contributed by atoms with Gasteiger partial charge < -0.3 is 19.2 Å². The van der Waals surface area contributed by atoms with E-state index in [1.165, 1.54) is 36.0 Å². The molecule has 0 aliphatic heterocycles. The number of hydrogen-bond acceptors (Lipinski definition) is 5. The number of halogens is 1. The first-order valence-electron chi connectivity index (χ1n) is 8.76. The van der Waals surface area contributed by atoms with E-state index in [1.807, 2.05) is 34.5 Å². The number of methoxy groups -OCH3 is 1. The lowest BCUT2D eigenvalue weighted by Gasteiger charge is -2.10. The average Bonchev–Trinajstić information content (AvgIpc) is 3.26. The zero-order valence-electron chi connectivity index (χ0n) is 15.8. The van der Waals surface area contributed by atoms with E-state index in [0.717, 1.165) is 11.5 Å². The summed E-state index contributed by atoms with van der Waals surface area (Å²) in [6, 6.07) is 9.69. The van der Waals surface area contributed by atoms with E-state index in [9.17, 15) is 9.18 Å². The SMILES string of the molecule is COCCn1c(Cc2cccn2C)nnc1SCC(=O)Nc1ccc(F)cc1. The quantitative estimate of drug-likeness (QED) is 0.556. The zero-order chi connectivity index (χ0) is 19.9. The molecule has 2 aromatic heterocycles. The molecule has 0 atom stereocenters. The lowest BCUT2D eigenvalue weighted by atomic mass is 10.3. The predicted octanol–water partition coefficient (Wildman–Crippen LogP) is 2.72. The second kappa shape index (κ2) is 9.52. The highest BCUT2D eigenvalue weighted by Gasteiger charge is 2.15. The molecule has 0 aliphatic carbocycles. The Kier molecular flexibility index (Phi) is 6.83. The molecule has 0 saturated heterocycles.